The lowest BCUT2D eigenvalue weighted by atomic mass is 9.94. The van der Waals surface area contributed by atoms with Gasteiger partial charge in [0.05, 0.1) is 6.61 Å². The number of benzene rings is 1. The van der Waals surface area contributed by atoms with Gasteiger partial charge in [0.2, 0.25) is 0 Å². The topological polar surface area (TPSA) is 46.0 Å². The lowest BCUT2D eigenvalue weighted by Crippen LogP contribution is -1.90. The molecule has 0 unspecified atom stereocenters. The lowest BCUT2D eigenvalue weighted by molar-refractivity contribution is 0.282. The summed E-state index contributed by atoms with van der Waals surface area (Å²) in [6, 6.07) is 13.8. The molecule has 0 saturated heterocycles. The summed E-state index contributed by atoms with van der Waals surface area (Å²) in [6.07, 6.45) is 7.18. The zero-order valence-electron chi connectivity index (χ0n) is 10.9. The third-order valence-corrected chi connectivity index (χ3v) is 3.21. The molecular formula is C17H14N2O. The Balaban J connectivity index is 2.20. The maximum atomic E-state index is 9.34. The van der Waals surface area contributed by atoms with Gasteiger partial charge in [-0.2, -0.15) is 0 Å². The summed E-state index contributed by atoms with van der Waals surface area (Å²) in [7, 11) is 0. The average molecular weight is 262 g/mol. The Bertz CT molecular complexity index is 697. The summed E-state index contributed by atoms with van der Waals surface area (Å²) >= 11 is 0. The van der Waals surface area contributed by atoms with Crippen molar-refractivity contribution in [2.24, 2.45) is 0 Å². The molecule has 0 bridgehead atoms. The van der Waals surface area contributed by atoms with E-state index in [9.17, 15) is 5.11 Å². The highest BCUT2D eigenvalue weighted by Gasteiger charge is 2.08. The molecule has 0 radical (unpaired) electrons. The zero-order valence-corrected chi connectivity index (χ0v) is 10.9. The summed E-state index contributed by atoms with van der Waals surface area (Å²) in [5.41, 5.74) is 5.11. The van der Waals surface area contributed by atoms with Crippen LogP contribution in [0.25, 0.3) is 22.3 Å². The SMILES string of the molecule is OCc1ccc(-c2cccnc2)c(-c2cccnc2)c1. The predicted molar refractivity (Wildman–Crippen MR) is 78.8 cm³/mol. The fourth-order valence-corrected chi connectivity index (χ4v) is 2.22. The van der Waals surface area contributed by atoms with Crippen LogP contribution in [0.4, 0.5) is 0 Å². The molecule has 20 heavy (non-hydrogen) atoms. The van der Waals surface area contributed by atoms with Crippen molar-refractivity contribution in [1.82, 2.24) is 9.97 Å². The van der Waals surface area contributed by atoms with Gasteiger partial charge >= 0.3 is 0 Å². The highest BCUT2D eigenvalue weighted by atomic mass is 16.3. The van der Waals surface area contributed by atoms with Crippen molar-refractivity contribution in [3.63, 3.8) is 0 Å². The molecule has 1 N–H and O–H groups in total. The first kappa shape index (κ1) is 12.5. The first-order valence-corrected chi connectivity index (χ1v) is 6.43. The van der Waals surface area contributed by atoms with Gasteiger partial charge in [0, 0.05) is 35.9 Å². The highest BCUT2D eigenvalue weighted by molar-refractivity contribution is 5.83. The molecule has 1 aromatic carbocycles. The number of hydrogen-bond donors (Lipinski definition) is 1. The van der Waals surface area contributed by atoms with Crippen LogP contribution in [0.1, 0.15) is 5.56 Å². The third kappa shape index (κ3) is 2.44. The summed E-state index contributed by atoms with van der Waals surface area (Å²) < 4.78 is 0. The molecule has 2 aromatic heterocycles. The molecule has 0 aliphatic rings. The van der Waals surface area contributed by atoms with Crippen molar-refractivity contribution in [1.29, 1.82) is 0 Å². The van der Waals surface area contributed by atoms with Crippen LogP contribution in [-0.2, 0) is 6.61 Å². The van der Waals surface area contributed by atoms with Gasteiger partial charge in [-0.1, -0.05) is 24.3 Å². The summed E-state index contributed by atoms with van der Waals surface area (Å²) in [5.74, 6) is 0. The monoisotopic (exact) mass is 262 g/mol. The van der Waals surface area contributed by atoms with E-state index in [4.69, 9.17) is 0 Å². The van der Waals surface area contributed by atoms with Gasteiger partial charge in [0.1, 0.15) is 0 Å². The highest BCUT2D eigenvalue weighted by Crippen LogP contribution is 2.32. The molecule has 0 amide bonds. The maximum Gasteiger partial charge on any atom is 0.0682 e. The van der Waals surface area contributed by atoms with E-state index in [-0.39, 0.29) is 6.61 Å². The molecule has 98 valence electrons. The van der Waals surface area contributed by atoms with Crippen LogP contribution in [0, 0.1) is 0 Å². The van der Waals surface area contributed by atoms with E-state index < -0.39 is 0 Å². The van der Waals surface area contributed by atoms with Crippen molar-refractivity contribution >= 4 is 0 Å². The molecule has 0 fully saturated rings. The van der Waals surface area contributed by atoms with Crippen LogP contribution in [-0.4, -0.2) is 15.1 Å². The summed E-state index contributed by atoms with van der Waals surface area (Å²) in [5, 5.41) is 9.34. The molecule has 2 heterocycles. The molecule has 0 aliphatic carbocycles. The number of aliphatic hydroxyl groups is 1. The minimum Gasteiger partial charge on any atom is -0.392 e. The second-order valence-corrected chi connectivity index (χ2v) is 4.52. The Morgan fingerprint density at radius 1 is 0.800 bits per heavy atom. The first-order valence-electron chi connectivity index (χ1n) is 6.43. The molecule has 3 heteroatoms. The molecule has 3 nitrogen and oxygen atoms in total. The van der Waals surface area contributed by atoms with Gasteiger partial charge in [-0.3, -0.25) is 9.97 Å². The van der Waals surface area contributed by atoms with E-state index in [1.54, 1.807) is 12.4 Å². The number of hydrogen-bond acceptors (Lipinski definition) is 3. The summed E-state index contributed by atoms with van der Waals surface area (Å²) in [6.45, 7) is 0.0284. The van der Waals surface area contributed by atoms with Crippen LogP contribution in [0.3, 0.4) is 0 Å². The zero-order chi connectivity index (χ0) is 13.8. The predicted octanol–water partition coefficient (Wildman–Crippen LogP) is 3.30. The van der Waals surface area contributed by atoms with E-state index in [0.717, 1.165) is 27.8 Å². The van der Waals surface area contributed by atoms with E-state index >= 15 is 0 Å². The number of aromatic nitrogens is 2. The van der Waals surface area contributed by atoms with Gasteiger partial charge in [0.15, 0.2) is 0 Å². The molecule has 0 aliphatic heterocycles. The maximum absolute atomic E-state index is 9.34. The number of pyridine rings is 2. The van der Waals surface area contributed by atoms with Crippen LogP contribution in [0.5, 0.6) is 0 Å². The molecule has 0 atom stereocenters. The summed E-state index contributed by atoms with van der Waals surface area (Å²) in [4.78, 5) is 8.35. The minimum atomic E-state index is 0.0284. The van der Waals surface area contributed by atoms with E-state index in [0.29, 0.717) is 0 Å². The van der Waals surface area contributed by atoms with Crippen molar-refractivity contribution in [2.75, 3.05) is 0 Å². The standard InChI is InChI=1S/C17H14N2O/c20-12-13-5-6-16(14-3-1-7-18-10-14)17(9-13)15-4-2-8-19-11-15/h1-11,20H,12H2. The smallest absolute Gasteiger partial charge is 0.0682 e. The second kappa shape index (κ2) is 5.63. The molecule has 0 saturated carbocycles. The van der Waals surface area contributed by atoms with Gasteiger partial charge in [-0.25, -0.2) is 0 Å². The molecular weight excluding hydrogens is 248 g/mol. The first-order chi connectivity index (χ1) is 9.88. The van der Waals surface area contributed by atoms with Crippen LogP contribution in [0.2, 0.25) is 0 Å². The van der Waals surface area contributed by atoms with Crippen molar-refractivity contribution in [3.8, 4) is 22.3 Å². The molecule has 0 spiro atoms. The van der Waals surface area contributed by atoms with Crippen molar-refractivity contribution in [2.45, 2.75) is 6.61 Å². The Hall–Kier alpha value is -2.52. The van der Waals surface area contributed by atoms with E-state index in [1.807, 2.05) is 54.9 Å². The number of rotatable bonds is 3. The van der Waals surface area contributed by atoms with Crippen molar-refractivity contribution < 1.29 is 5.11 Å². The fourth-order valence-electron chi connectivity index (χ4n) is 2.22. The molecule has 3 aromatic rings. The van der Waals surface area contributed by atoms with Gasteiger partial charge in [0.25, 0.3) is 0 Å². The van der Waals surface area contributed by atoms with Gasteiger partial charge in [-0.15, -0.1) is 0 Å². The van der Waals surface area contributed by atoms with Crippen LogP contribution in [0.15, 0.2) is 67.3 Å². The minimum absolute atomic E-state index is 0.0284. The number of nitrogens with zero attached hydrogens (tertiary/aromatic N) is 2. The normalized spacial score (nSPS) is 10.4. The Morgan fingerprint density at radius 3 is 2.00 bits per heavy atom. The van der Waals surface area contributed by atoms with E-state index in [1.165, 1.54) is 0 Å². The third-order valence-electron chi connectivity index (χ3n) is 3.21. The van der Waals surface area contributed by atoms with Crippen molar-refractivity contribution in [3.05, 3.63) is 72.8 Å². The van der Waals surface area contributed by atoms with Gasteiger partial charge in [-0.05, 0) is 34.9 Å². The largest absolute Gasteiger partial charge is 0.392 e. The number of aliphatic hydroxyl groups excluding tert-OH is 1. The lowest BCUT2D eigenvalue weighted by Gasteiger charge is -2.11. The van der Waals surface area contributed by atoms with Crippen LogP contribution < -0.4 is 0 Å². The van der Waals surface area contributed by atoms with Crippen LogP contribution >= 0.6 is 0 Å². The average Bonchev–Trinajstić information content (AvgIpc) is 2.56. The van der Waals surface area contributed by atoms with E-state index in [2.05, 4.69) is 9.97 Å². The molecule has 3 rings (SSSR count). The fraction of sp³-hybridized carbons (Fsp3) is 0.0588. The Morgan fingerprint density at radius 2 is 1.45 bits per heavy atom. The quantitative estimate of drug-likeness (QED) is 0.787. The Kier molecular flexibility index (Phi) is 3.52. The Labute approximate surface area is 117 Å². The second-order valence-electron chi connectivity index (χ2n) is 4.52. The van der Waals surface area contributed by atoms with Gasteiger partial charge < -0.3 is 5.11 Å².